The highest BCUT2D eigenvalue weighted by molar-refractivity contribution is 6.31. The van der Waals surface area contributed by atoms with Crippen LogP contribution in [0.5, 0.6) is 0 Å². The summed E-state index contributed by atoms with van der Waals surface area (Å²) in [7, 11) is 0. The van der Waals surface area contributed by atoms with Gasteiger partial charge in [0.15, 0.2) is 0 Å². The summed E-state index contributed by atoms with van der Waals surface area (Å²) in [5.74, 6) is 0.950. The molecule has 6 rings (SSSR count). The molecule has 0 spiro atoms. The summed E-state index contributed by atoms with van der Waals surface area (Å²) in [6, 6.07) is 24.0. The third kappa shape index (κ3) is 5.60. The van der Waals surface area contributed by atoms with Crippen LogP contribution in [0.2, 0.25) is 10.0 Å². The minimum atomic E-state index is 0.0631. The van der Waals surface area contributed by atoms with Gasteiger partial charge in [-0.3, -0.25) is 4.79 Å². The number of hydrogen-bond donors (Lipinski definition) is 1. The number of rotatable bonds is 5. The number of aryl methyl sites for hydroxylation is 1. The van der Waals surface area contributed by atoms with Crippen molar-refractivity contribution in [1.29, 1.82) is 0 Å². The molecular formula is C32H31Cl2N5O. The van der Waals surface area contributed by atoms with Crippen LogP contribution >= 0.6 is 23.2 Å². The molecule has 0 radical (unpaired) electrons. The highest BCUT2D eigenvalue weighted by Gasteiger charge is 2.23. The van der Waals surface area contributed by atoms with Crippen LogP contribution in [0.4, 0.5) is 17.2 Å². The molecule has 3 heterocycles. The zero-order valence-corrected chi connectivity index (χ0v) is 23.9. The van der Waals surface area contributed by atoms with Gasteiger partial charge < -0.3 is 20.0 Å². The van der Waals surface area contributed by atoms with E-state index in [9.17, 15) is 4.79 Å². The fourth-order valence-electron chi connectivity index (χ4n) is 5.43. The van der Waals surface area contributed by atoms with Crippen molar-refractivity contribution >= 4 is 46.3 Å². The molecule has 0 aliphatic carbocycles. The molecule has 6 nitrogen and oxygen atoms in total. The number of fused-ring (bicyclic) bond motifs is 1. The Labute approximate surface area is 245 Å². The van der Waals surface area contributed by atoms with E-state index in [1.165, 1.54) is 11.1 Å². The number of aromatic nitrogens is 1. The molecule has 1 aromatic heterocycles. The van der Waals surface area contributed by atoms with E-state index in [1.807, 2.05) is 65.7 Å². The molecule has 2 aliphatic rings. The van der Waals surface area contributed by atoms with E-state index in [0.29, 0.717) is 18.7 Å². The van der Waals surface area contributed by atoms with Gasteiger partial charge in [-0.2, -0.15) is 0 Å². The first-order chi connectivity index (χ1) is 19.4. The van der Waals surface area contributed by atoms with Crippen molar-refractivity contribution in [3.05, 3.63) is 106 Å². The number of carbonyl (C=O) groups excluding carboxylic acids is 1. The maximum Gasteiger partial charge on any atom is 0.253 e. The molecule has 40 heavy (non-hydrogen) atoms. The van der Waals surface area contributed by atoms with E-state index >= 15 is 0 Å². The highest BCUT2D eigenvalue weighted by atomic mass is 35.5. The molecule has 0 bridgehead atoms. The molecule has 0 unspecified atom stereocenters. The Morgan fingerprint density at radius 1 is 0.875 bits per heavy atom. The monoisotopic (exact) mass is 571 g/mol. The third-order valence-electron chi connectivity index (χ3n) is 7.76. The Morgan fingerprint density at radius 2 is 1.65 bits per heavy atom. The number of carbonyl (C=O) groups is 1. The highest BCUT2D eigenvalue weighted by Crippen LogP contribution is 2.33. The van der Waals surface area contributed by atoms with Gasteiger partial charge in [-0.05, 0) is 72.1 Å². The van der Waals surface area contributed by atoms with Crippen molar-refractivity contribution in [2.75, 3.05) is 54.4 Å². The Morgan fingerprint density at radius 3 is 2.42 bits per heavy atom. The van der Waals surface area contributed by atoms with E-state index in [0.717, 1.165) is 71.1 Å². The van der Waals surface area contributed by atoms with Crippen LogP contribution in [0.25, 0.3) is 11.1 Å². The number of nitrogens with one attached hydrogen (secondary N) is 1. The lowest BCUT2D eigenvalue weighted by Gasteiger charge is -2.36. The molecule has 2 aliphatic heterocycles. The number of benzene rings is 3. The lowest BCUT2D eigenvalue weighted by Crippen LogP contribution is -2.48. The predicted octanol–water partition coefficient (Wildman–Crippen LogP) is 6.76. The topological polar surface area (TPSA) is 51.7 Å². The van der Waals surface area contributed by atoms with Gasteiger partial charge in [-0.25, -0.2) is 4.98 Å². The number of pyridine rings is 1. The number of amides is 1. The quantitative estimate of drug-likeness (QED) is 0.287. The molecule has 1 N–H and O–H groups in total. The van der Waals surface area contributed by atoms with E-state index in [1.54, 1.807) is 0 Å². The van der Waals surface area contributed by atoms with Crippen molar-refractivity contribution in [2.24, 2.45) is 0 Å². The summed E-state index contributed by atoms with van der Waals surface area (Å²) in [4.78, 5) is 24.5. The van der Waals surface area contributed by atoms with E-state index < -0.39 is 0 Å². The zero-order chi connectivity index (χ0) is 27.6. The van der Waals surface area contributed by atoms with Crippen molar-refractivity contribution in [1.82, 2.24) is 9.88 Å². The molecule has 3 aromatic carbocycles. The molecule has 4 aromatic rings. The molecule has 1 fully saturated rings. The molecular weight excluding hydrogens is 541 g/mol. The van der Waals surface area contributed by atoms with Crippen molar-refractivity contribution in [3.8, 4) is 11.1 Å². The maximum atomic E-state index is 13.3. The Kier molecular flexibility index (Phi) is 7.55. The second-order valence-electron chi connectivity index (χ2n) is 10.3. The molecule has 0 saturated carbocycles. The number of hydrogen-bond acceptors (Lipinski definition) is 5. The van der Waals surface area contributed by atoms with Crippen LogP contribution in [0.1, 0.15) is 21.5 Å². The summed E-state index contributed by atoms with van der Waals surface area (Å²) in [5, 5.41) is 4.90. The first kappa shape index (κ1) is 26.5. The van der Waals surface area contributed by atoms with Crippen LogP contribution in [0, 0.1) is 6.92 Å². The average molecular weight is 573 g/mol. The molecule has 1 amide bonds. The van der Waals surface area contributed by atoms with Crippen LogP contribution in [0.3, 0.4) is 0 Å². The molecule has 1 saturated heterocycles. The van der Waals surface area contributed by atoms with Gasteiger partial charge in [-0.1, -0.05) is 47.5 Å². The summed E-state index contributed by atoms with van der Waals surface area (Å²) >= 11 is 12.4. The minimum Gasteiger partial charge on any atom is -0.368 e. The smallest absolute Gasteiger partial charge is 0.253 e. The van der Waals surface area contributed by atoms with E-state index in [4.69, 9.17) is 28.2 Å². The van der Waals surface area contributed by atoms with Gasteiger partial charge in [0.2, 0.25) is 0 Å². The van der Waals surface area contributed by atoms with Gasteiger partial charge in [0, 0.05) is 78.9 Å². The second-order valence-corrected chi connectivity index (χ2v) is 11.2. The Hall–Kier alpha value is -3.74. The summed E-state index contributed by atoms with van der Waals surface area (Å²) < 4.78 is 0. The van der Waals surface area contributed by atoms with Gasteiger partial charge in [0.1, 0.15) is 5.82 Å². The molecule has 8 heteroatoms. The minimum absolute atomic E-state index is 0.0631. The fraction of sp³-hybridized carbons (Fsp3) is 0.250. The number of nitrogens with zero attached hydrogens (tertiary/aromatic N) is 4. The first-order valence-electron chi connectivity index (χ1n) is 13.6. The average Bonchev–Trinajstić information content (AvgIpc) is 2.99. The number of piperazine rings is 1. The van der Waals surface area contributed by atoms with E-state index in [2.05, 4.69) is 40.2 Å². The maximum absolute atomic E-state index is 13.3. The number of halogens is 2. The first-order valence-corrected chi connectivity index (χ1v) is 14.3. The van der Waals surface area contributed by atoms with Crippen LogP contribution in [-0.4, -0.2) is 55.1 Å². The van der Waals surface area contributed by atoms with Gasteiger partial charge in [0.05, 0.1) is 5.69 Å². The summed E-state index contributed by atoms with van der Waals surface area (Å²) in [6.45, 7) is 7.52. The lowest BCUT2D eigenvalue weighted by molar-refractivity contribution is 0.0747. The van der Waals surface area contributed by atoms with Crippen molar-refractivity contribution in [3.63, 3.8) is 0 Å². The fourth-order valence-corrected chi connectivity index (χ4v) is 5.81. The second kappa shape index (κ2) is 11.4. The zero-order valence-electron chi connectivity index (χ0n) is 22.4. The largest absolute Gasteiger partial charge is 0.368 e. The summed E-state index contributed by atoms with van der Waals surface area (Å²) in [6.07, 6.45) is 1.89. The van der Waals surface area contributed by atoms with Gasteiger partial charge >= 0.3 is 0 Å². The van der Waals surface area contributed by atoms with E-state index in [-0.39, 0.29) is 5.91 Å². The molecule has 204 valence electrons. The predicted molar refractivity (Wildman–Crippen MR) is 165 cm³/mol. The third-order valence-corrected chi connectivity index (χ3v) is 8.23. The SMILES string of the molecule is Cc1ccc(Cl)cc1CN1CCNc2ncc(-c3ccc(C(=O)N4CCN(c5cccc(Cl)c5)CC4)cc3)cc21. The van der Waals surface area contributed by atoms with Gasteiger partial charge in [-0.15, -0.1) is 0 Å². The van der Waals surface area contributed by atoms with Crippen LogP contribution in [0.15, 0.2) is 79.0 Å². The molecule has 0 atom stereocenters. The van der Waals surface area contributed by atoms with Gasteiger partial charge in [0.25, 0.3) is 5.91 Å². The lowest BCUT2D eigenvalue weighted by atomic mass is 10.0. The van der Waals surface area contributed by atoms with Crippen LogP contribution < -0.4 is 15.1 Å². The standard InChI is InChI=1S/C32H31Cl2N5O/c1-22-5-10-28(34)17-26(22)21-39-12-11-35-31-30(39)18-25(20-36-31)23-6-8-24(9-7-23)32(40)38-15-13-37(14-16-38)29-4-2-3-27(33)19-29/h2-10,17-20H,11-16,21H2,1H3,(H,35,36). The Balaban J connectivity index is 1.15. The normalized spacial score (nSPS) is 15.0. The van der Waals surface area contributed by atoms with Crippen molar-refractivity contribution in [2.45, 2.75) is 13.5 Å². The van der Waals surface area contributed by atoms with Crippen LogP contribution in [-0.2, 0) is 6.54 Å². The summed E-state index contributed by atoms with van der Waals surface area (Å²) in [5.41, 5.74) is 7.35. The Bertz CT molecular complexity index is 1530. The number of anilines is 3. The van der Waals surface area contributed by atoms with Crippen molar-refractivity contribution < 1.29 is 4.79 Å².